The highest BCUT2D eigenvalue weighted by Crippen LogP contribution is 2.41. The van der Waals surface area contributed by atoms with Crippen molar-refractivity contribution in [2.75, 3.05) is 0 Å². The van der Waals surface area contributed by atoms with E-state index in [4.69, 9.17) is 34.3 Å². The molecule has 6 nitrogen and oxygen atoms in total. The van der Waals surface area contributed by atoms with Crippen LogP contribution >= 0.6 is 23.8 Å². The van der Waals surface area contributed by atoms with Crippen LogP contribution in [0.25, 0.3) is 0 Å². The summed E-state index contributed by atoms with van der Waals surface area (Å²) in [6.07, 6.45) is 0. The second kappa shape index (κ2) is 5.33. The number of fused-ring (bicyclic) bond motifs is 1. The minimum absolute atomic E-state index is 0.0869. The molecule has 0 aliphatic carbocycles. The Balaban J connectivity index is 2.38. The Labute approximate surface area is 134 Å². The van der Waals surface area contributed by atoms with E-state index in [0.29, 0.717) is 10.6 Å². The van der Waals surface area contributed by atoms with Gasteiger partial charge in [-0.3, -0.25) is 9.78 Å². The lowest BCUT2D eigenvalue weighted by Crippen LogP contribution is -2.28. The number of rotatable bonds is 1. The van der Waals surface area contributed by atoms with Gasteiger partial charge in [0.1, 0.15) is 11.6 Å². The molecule has 0 saturated heterocycles. The lowest BCUT2D eigenvalue weighted by molar-refractivity contribution is 0.374. The van der Waals surface area contributed by atoms with Gasteiger partial charge in [-0.15, -0.1) is 0 Å². The molecule has 4 N–H and O–H groups in total. The molecule has 0 unspecified atom stereocenters. The van der Waals surface area contributed by atoms with Crippen molar-refractivity contribution in [2.45, 2.75) is 5.92 Å². The van der Waals surface area contributed by atoms with E-state index >= 15 is 0 Å². The van der Waals surface area contributed by atoms with E-state index in [1.54, 1.807) is 24.3 Å². The lowest BCUT2D eigenvalue weighted by atomic mass is 9.85. The molecule has 22 heavy (non-hydrogen) atoms. The van der Waals surface area contributed by atoms with Crippen LogP contribution in [0, 0.1) is 16.1 Å². The lowest BCUT2D eigenvalue weighted by Gasteiger charge is -2.25. The maximum Gasteiger partial charge on any atom is 0.259 e. The Bertz CT molecular complexity index is 954. The van der Waals surface area contributed by atoms with E-state index in [9.17, 15) is 10.1 Å². The number of nitriles is 1. The summed E-state index contributed by atoms with van der Waals surface area (Å²) >= 11 is 11.1. The van der Waals surface area contributed by atoms with Crippen LogP contribution < -0.4 is 16.0 Å². The van der Waals surface area contributed by atoms with Crippen molar-refractivity contribution in [2.24, 2.45) is 5.73 Å². The molecule has 0 radical (unpaired) electrons. The molecule has 2 aromatic rings. The number of hydrogen-bond acceptors (Lipinski definition) is 5. The number of nitrogens with one attached hydrogen (secondary N) is 2. The number of nitrogens with zero attached hydrogens (tertiary/aromatic N) is 1. The van der Waals surface area contributed by atoms with Crippen molar-refractivity contribution in [1.29, 1.82) is 5.26 Å². The molecule has 2 heterocycles. The monoisotopic (exact) mass is 332 g/mol. The zero-order valence-electron chi connectivity index (χ0n) is 11.0. The number of ether oxygens (including phenoxy) is 1. The van der Waals surface area contributed by atoms with E-state index in [1.807, 2.05) is 6.07 Å². The first-order valence-electron chi connectivity index (χ1n) is 6.21. The maximum absolute atomic E-state index is 12.3. The van der Waals surface area contributed by atoms with Gasteiger partial charge in [-0.1, -0.05) is 29.8 Å². The molecule has 0 fully saturated rings. The molecule has 1 aliphatic rings. The number of aromatic nitrogens is 2. The summed E-state index contributed by atoms with van der Waals surface area (Å²) in [7, 11) is 0. The predicted molar refractivity (Wildman–Crippen MR) is 83.0 cm³/mol. The third-order valence-electron chi connectivity index (χ3n) is 3.33. The molecule has 0 spiro atoms. The normalized spacial score (nSPS) is 16.6. The van der Waals surface area contributed by atoms with Gasteiger partial charge in [-0.25, -0.2) is 0 Å². The molecular formula is C14H9ClN4O2S. The summed E-state index contributed by atoms with van der Waals surface area (Å²) in [4.78, 5) is 17.5. The molecule has 1 aromatic carbocycles. The number of H-pyrrole nitrogens is 2. The van der Waals surface area contributed by atoms with Gasteiger partial charge < -0.3 is 15.5 Å². The highest BCUT2D eigenvalue weighted by atomic mass is 35.5. The molecule has 3 rings (SSSR count). The van der Waals surface area contributed by atoms with Gasteiger partial charge in [0.15, 0.2) is 4.77 Å². The average Bonchev–Trinajstić information content (AvgIpc) is 2.46. The summed E-state index contributed by atoms with van der Waals surface area (Å²) in [5.74, 6) is -0.690. The Kier molecular flexibility index (Phi) is 3.48. The van der Waals surface area contributed by atoms with Gasteiger partial charge in [-0.2, -0.15) is 5.26 Å². The van der Waals surface area contributed by atoms with Gasteiger partial charge >= 0.3 is 0 Å². The molecule has 1 aliphatic heterocycles. The van der Waals surface area contributed by atoms with Crippen molar-refractivity contribution in [1.82, 2.24) is 9.97 Å². The van der Waals surface area contributed by atoms with E-state index in [-0.39, 0.29) is 27.7 Å². The highest BCUT2D eigenvalue weighted by Gasteiger charge is 2.34. The van der Waals surface area contributed by atoms with Crippen LogP contribution in [0.5, 0.6) is 5.88 Å². The first-order chi connectivity index (χ1) is 10.5. The third-order valence-corrected chi connectivity index (χ3v) is 3.88. The minimum atomic E-state index is -0.724. The van der Waals surface area contributed by atoms with Gasteiger partial charge in [0, 0.05) is 5.02 Å². The van der Waals surface area contributed by atoms with Crippen LogP contribution in [0.2, 0.25) is 5.02 Å². The Morgan fingerprint density at radius 3 is 2.77 bits per heavy atom. The van der Waals surface area contributed by atoms with Gasteiger partial charge in [0.2, 0.25) is 11.8 Å². The Morgan fingerprint density at radius 2 is 2.09 bits per heavy atom. The molecule has 110 valence electrons. The number of benzene rings is 1. The van der Waals surface area contributed by atoms with E-state index in [2.05, 4.69) is 9.97 Å². The van der Waals surface area contributed by atoms with Crippen LogP contribution in [0.3, 0.4) is 0 Å². The summed E-state index contributed by atoms with van der Waals surface area (Å²) < 4.78 is 5.44. The largest absolute Gasteiger partial charge is 0.424 e. The van der Waals surface area contributed by atoms with Crippen molar-refractivity contribution in [3.8, 4) is 11.9 Å². The summed E-state index contributed by atoms with van der Waals surface area (Å²) in [6, 6.07) is 8.92. The zero-order chi connectivity index (χ0) is 15.9. The molecule has 0 saturated carbocycles. The summed E-state index contributed by atoms with van der Waals surface area (Å²) in [5.41, 5.74) is 6.28. The molecule has 0 amide bonds. The highest BCUT2D eigenvalue weighted by molar-refractivity contribution is 7.71. The topological polar surface area (TPSA) is 108 Å². The van der Waals surface area contributed by atoms with Crippen molar-refractivity contribution in [3.05, 3.63) is 67.0 Å². The second-order valence-corrected chi connectivity index (χ2v) is 5.41. The van der Waals surface area contributed by atoms with E-state index in [1.165, 1.54) is 0 Å². The smallest absolute Gasteiger partial charge is 0.259 e. The van der Waals surface area contributed by atoms with Gasteiger partial charge in [0.05, 0.1) is 11.5 Å². The summed E-state index contributed by atoms with van der Waals surface area (Å²) in [5, 5.41) is 9.82. The number of nitrogens with two attached hydrogens (primary N) is 1. The van der Waals surface area contributed by atoms with E-state index < -0.39 is 11.5 Å². The number of halogens is 1. The van der Waals surface area contributed by atoms with Crippen molar-refractivity contribution >= 4 is 23.8 Å². The minimum Gasteiger partial charge on any atom is -0.424 e. The van der Waals surface area contributed by atoms with E-state index in [0.717, 1.165) is 0 Å². The van der Waals surface area contributed by atoms with Crippen molar-refractivity contribution < 1.29 is 4.74 Å². The predicted octanol–water partition coefficient (Wildman–Crippen LogP) is 2.30. The summed E-state index contributed by atoms with van der Waals surface area (Å²) in [6.45, 7) is 0. The van der Waals surface area contributed by atoms with Crippen LogP contribution in [0.1, 0.15) is 17.0 Å². The van der Waals surface area contributed by atoms with Crippen molar-refractivity contribution in [3.63, 3.8) is 0 Å². The second-order valence-electron chi connectivity index (χ2n) is 4.60. The fourth-order valence-electron chi connectivity index (χ4n) is 2.41. The van der Waals surface area contributed by atoms with Crippen LogP contribution in [0.4, 0.5) is 0 Å². The standard InChI is InChI=1S/C14H9ClN4O2S/c15-8-4-2-1-3-6(8)9-7(5-16)11(17)21-13-10(9)12(20)18-14(22)19-13/h1-4,9H,17H2,(H2,18,19,20,22)/t9-/m0/s1. The number of aromatic amines is 2. The SMILES string of the molecule is N#CC1=C(N)Oc2[nH]c(=S)[nH]c(=O)c2[C@H]1c1ccccc1Cl. The van der Waals surface area contributed by atoms with Gasteiger partial charge in [0.25, 0.3) is 5.56 Å². The van der Waals surface area contributed by atoms with Crippen LogP contribution in [0.15, 0.2) is 40.5 Å². The zero-order valence-corrected chi connectivity index (χ0v) is 12.6. The molecular weight excluding hydrogens is 324 g/mol. The Morgan fingerprint density at radius 1 is 1.36 bits per heavy atom. The maximum atomic E-state index is 12.3. The molecule has 0 bridgehead atoms. The van der Waals surface area contributed by atoms with Crippen LogP contribution in [-0.4, -0.2) is 9.97 Å². The molecule has 8 heteroatoms. The average molecular weight is 333 g/mol. The van der Waals surface area contributed by atoms with Gasteiger partial charge in [-0.05, 0) is 23.8 Å². The first kappa shape index (κ1) is 14.4. The first-order valence-corrected chi connectivity index (χ1v) is 7.00. The Hall–Kier alpha value is -2.56. The molecule has 1 atom stereocenters. The third kappa shape index (κ3) is 2.19. The molecule has 1 aromatic heterocycles. The number of allylic oxidation sites excluding steroid dienone is 1. The quantitative estimate of drug-likeness (QED) is 0.694. The fraction of sp³-hybridized carbons (Fsp3) is 0.0714. The fourth-order valence-corrected chi connectivity index (χ4v) is 2.84. The number of hydrogen-bond donors (Lipinski definition) is 3. The van der Waals surface area contributed by atoms with Crippen LogP contribution in [-0.2, 0) is 0 Å².